The summed E-state index contributed by atoms with van der Waals surface area (Å²) in [6.07, 6.45) is 2.46. The molecule has 0 unspecified atom stereocenters. The smallest absolute Gasteiger partial charge is 0.260 e. The van der Waals surface area contributed by atoms with Crippen LogP contribution in [0.2, 0.25) is 0 Å². The zero-order valence-corrected chi connectivity index (χ0v) is 15.8. The first kappa shape index (κ1) is 18.3. The number of carbonyl (C=O) groups is 1. The normalized spacial score (nSPS) is 18.2. The van der Waals surface area contributed by atoms with Crippen molar-refractivity contribution in [3.63, 3.8) is 0 Å². The van der Waals surface area contributed by atoms with Gasteiger partial charge in [-0.2, -0.15) is 0 Å². The Labute approximate surface area is 162 Å². The summed E-state index contributed by atoms with van der Waals surface area (Å²) in [5.41, 5.74) is 0.629. The van der Waals surface area contributed by atoms with E-state index in [9.17, 15) is 9.59 Å². The third-order valence-electron chi connectivity index (χ3n) is 5.04. The number of carbonyl (C=O) groups excluding carboxylic acids is 1. The molecule has 3 heterocycles. The molecule has 0 bridgehead atoms. The largest absolute Gasteiger partial charge is 0.484 e. The van der Waals surface area contributed by atoms with Crippen molar-refractivity contribution >= 4 is 5.91 Å². The molecule has 1 fully saturated rings. The van der Waals surface area contributed by atoms with E-state index in [4.69, 9.17) is 14.2 Å². The number of aryl methyl sites for hydroxylation is 1. The van der Waals surface area contributed by atoms with Gasteiger partial charge in [0.1, 0.15) is 11.6 Å². The van der Waals surface area contributed by atoms with Gasteiger partial charge in [0.15, 0.2) is 18.1 Å². The first-order valence-corrected chi connectivity index (χ1v) is 9.52. The summed E-state index contributed by atoms with van der Waals surface area (Å²) < 4.78 is 16.2. The Balaban J connectivity index is 1.38. The van der Waals surface area contributed by atoms with Gasteiger partial charge in [0, 0.05) is 36.8 Å². The Kier molecular flexibility index (Phi) is 5.18. The molecule has 4 rings (SSSR count). The number of hydrogen-bond donors (Lipinski definition) is 1. The summed E-state index contributed by atoms with van der Waals surface area (Å²) in [6, 6.07) is 6.76. The highest BCUT2D eigenvalue weighted by Gasteiger charge is 2.27. The van der Waals surface area contributed by atoms with Gasteiger partial charge in [-0.05, 0) is 31.4 Å². The summed E-state index contributed by atoms with van der Waals surface area (Å²) in [5.74, 6) is 2.47. The molecule has 1 N–H and O–H groups in total. The highest BCUT2D eigenvalue weighted by molar-refractivity contribution is 5.78. The lowest BCUT2D eigenvalue weighted by atomic mass is 9.97. The topological polar surface area (TPSA) is 93.8 Å². The molecule has 0 radical (unpaired) electrons. The molecule has 2 aliphatic heterocycles. The molecule has 1 aromatic carbocycles. The van der Waals surface area contributed by atoms with Gasteiger partial charge < -0.3 is 24.1 Å². The van der Waals surface area contributed by atoms with Crippen LogP contribution in [0.1, 0.15) is 37.2 Å². The van der Waals surface area contributed by atoms with Crippen LogP contribution >= 0.6 is 0 Å². The van der Waals surface area contributed by atoms with Crippen LogP contribution in [0.15, 0.2) is 29.1 Å². The molecular formula is C20H23N3O5. The van der Waals surface area contributed by atoms with Gasteiger partial charge in [0.2, 0.25) is 6.79 Å². The average molecular weight is 385 g/mol. The van der Waals surface area contributed by atoms with E-state index < -0.39 is 0 Å². The maximum atomic E-state index is 12.6. The van der Waals surface area contributed by atoms with Gasteiger partial charge in [-0.1, -0.05) is 6.92 Å². The Morgan fingerprint density at radius 3 is 3.04 bits per heavy atom. The molecule has 8 heteroatoms. The minimum atomic E-state index is -0.142. The molecule has 2 aromatic rings. The zero-order valence-electron chi connectivity index (χ0n) is 15.8. The fraction of sp³-hybridized carbons (Fsp3) is 0.450. The van der Waals surface area contributed by atoms with Crippen LogP contribution in [-0.2, 0) is 11.2 Å². The van der Waals surface area contributed by atoms with Crippen LogP contribution < -0.4 is 19.8 Å². The molecule has 0 aliphatic carbocycles. The Morgan fingerprint density at radius 2 is 2.18 bits per heavy atom. The molecule has 0 spiro atoms. The van der Waals surface area contributed by atoms with Crippen molar-refractivity contribution in [1.29, 1.82) is 0 Å². The second kappa shape index (κ2) is 7.92. The molecule has 1 amide bonds. The number of nitrogens with zero attached hydrogens (tertiary/aromatic N) is 2. The number of H-pyrrole nitrogens is 1. The lowest BCUT2D eigenvalue weighted by Crippen LogP contribution is -2.42. The lowest BCUT2D eigenvalue weighted by molar-refractivity contribution is -0.134. The van der Waals surface area contributed by atoms with E-state index in [0.29, 0.717) is 42.6 Å². The second-order valence-electron chi connectivity index (χ2n) is 6.96. The Bertz CT molecular complexity index is 926. The predicted molar refractivity (Wildman–Crippen MR) is 101 cm³/mol. The van der Waals surface area contributed by atoms with Crippen molar-refractivity contribution in [2.24, 2.45) is 0 Å². The van der Waals surface area contributed by atoms with E-state index in [1.165, 1.54) is 6.07 Å². The maximum Gasteiger partial charge on any atom is 0.260 e. The molecule has 2 aliphatic rings. The first-order chi connectivity index (χ1) is 13.6. The van der Waals surface area contributed by atoms with Gasteiger partial charge in [0.05, 0.1) is 0 Å². The molecule has 28 heavy (non-hydrogen) atoms. The van der Waals surface area contributed by atoms with Gasteiger partial charge in [0.25, 0.3) is 11.5 Å². The molecule has 1 aromatic heterocycles. The number of ether oxygens (including phenoxy) is 3. The number of likely N-dealkylation sites (tertiary alicyclic amines) is 1. The van der Waals surface area contributed by atoms with Crippen LogP contribution in [0.4, 0.5) is 0 Å². The molecule has 148 valence electrons. The van der Waals surface area contributed by atoms with Gasteiger partial charge in [-0.25, -0.2) is 4.98 Å². The van der Waals surface area contributed by atoms with Crippen LogP contribution in [0.3, 0.4) is 0 Å². The first-order valence-electron chi connectivity index (χ1n) is 9.52. The van der Waals surface area contributed by atoms with Crippen molar-refractivity contribution in [3.8, 4) is 17.2 Å². The fourth-order valence-electron chi connectivity index (χ4n) is 3.53. The number of rotatable bonds is 5. The molecule has 8 nitrogen and oxygen atoms in total. The van der Waals surface area contributed by atoms with E-state index in [0.717, 1.165) is 18.5 Å². The minimum absolute atomic E-state index is 0.0300. The standard InChI is InChI=1S/C20H23N3O5/c1-2-14-8-18(24)22-20(21-14)13-4-3-7-23(10-13)19(25)11-26-15-5-6-16-17(9-15)28-12-27-16/h5-6,8-9,13H,2-4,7,10-12H2,1H3,(H,21,22,24)/t13-/m0/s1. The number of benzene rings is 1. The third-order valence-corrected chi connectivity index (χ3v) is 5.04. The highest BCUT2D eigenvalue weighted by atomic mass is 16.7. The van der Waals surface area contributed by atoms with E-state index in [-0.39, 0.29) is 30.8 Å². The van der Waals surface area contributed by atoms with E-state index in [1.807, 2.05) is 6.92 Å². The van der Waals surface area contributed by atoms with E-state index in [2.05, 4.69) is 9.97 Å². The summed E-state index contributed by atoms with van der Waals surface area (Å²) in [5, 5.41) is 0. The summed E-state index contributed by atoms with van der Waals surface area (Å²) in [4.78, 5) is 33.6. The number of hydrogen-bond acceptors (Lipinski definition) is 6. The monoisotopic (exact) mass is 385 g/mol. The number of piperidine rings is 1. The van der Waals surface area contributed by atoms with Crippen molar-refractivity contribution in [2.75, 3.05) is 26.5 Å². The van der Waals surface area contributed by atoms with Crippen molar-refractivity contribution in [3.05, 3.63) is 46.1 Å². The number of fused-ring (bicyclic) bond motifs is 1. The van der Waals surface area contributed by atoms with Crippen molar-refractivity contribution in [1.82, 2.24) is 14.9 Å². The van der Waals surface area contributed by atoms with Crippen LogP contribution in [-0.4, -0.2) is 47.3 Å². The van der Waals surface area contributed by atoms with Crippen LogP contribution in [0.25, 0.3) is 0 Å². The summed E-state index contributed by atoms with van der Waals surface area (Å²) >= 11 is 0. The van der Waals surface area contributed by atoms with E-state index in [1.54, 1.807) is 23.1 Å². The van der Waals surface area contributed by atoms with E-state index >= 15 is 0 Å². The van der Waals surface area contributed by atoms with Crippen molar-refractivity contribution < 1.29 is 19.0 Å². The summed E-state index contributed by atoms with van der Waals surface area (Å²) in [7, 11) is 0. The highest BCUT2D eigenvalue weighted by Crippen LogP contribution is 2.35. The Morgan fingerprint density at radius 1 is 1.32 bits per heavy atom. The van der Waals surface area contributed by atoms with Gasteiger partial charge in [-0.15, -0.1) is 0 Å². The predicted octanol–water partition coefficient (Wildman–Crippen LogP) is 1.85. The Hall–Kier alpha value is -3.03. The quantitative estimate of drug-likeness (QED) is 0.844. The minimum Gasteiger partial charge on any atom is -0.484 e. The average Bonchev–Trinajstić information content (AvgIpc) is 3.19. The fourth-order valence-corrected chi connectivity index (χ4v) is 3.53. The van der Waals surface area contributed by atoms with Gasteiger partial charge in [-0.3, -0.25) is 9.59 Å². The molecule has 0 saturated carbocycles. The summed E-state index contributed by atoms with van der Waals surface area (Å²) in [6.45, 7) is 3.32. The van der Waals surface area contributed by atoms with Crippen LogP contribution in [0.5, 0.6) is 17.2 Å². The SMILES string of the molecule is CCc1cc(=O)[nH]c([C@H]2CCCN(C(=O)COc3ccc4c(c3)OCO4)C2)n1. The second-order valence-corrected chi connectivity index (χ2v) is 6.96. The number of amides is 1. The lowest BCUT2D eigenvalue weighted by Gasteiger charge is -2.32. The number of aromatic amines is 1. The zero-order chi connectivity index (χ0) is 19.5. The third kappa shape index (κ3) is 3.95. The molecular weight excluding hydrogens is 362 g/mol. The number of aromatic nitrogens is 2. The van der Waals surface area contributed by atoms with Crippen LogP contribution in [0, 0.1) is 0 Å². The van der Waals surface area contributed by atoms with Gasteiger partial charge >= 0.3 is 0 Å². The van der Waals surface area contributed by atoms with Crippen molar-refractivity contribution in [2.45, 2.75) is 32.1 Å². The molecule has 1 atom stereocenters. The maximum absolute atomic E-state index is 12.6. The number of nitrogens with one attached hydrogen (secondary N) is 1. The molecule has 1 saturated heterocycles.